The van der Waals surface area contributed by atoms with Crippen LogP contribution >= 0.6 is 0 Å². The van der Waals surface area contributed by atoms with E-state index in [1.165, 1.54) is 25.1 Å². The molecule has 3 aromatic rings. The van der Waals surface area contributed by atoms with Crippen LogP contribution in [0.25, 0.3) is 0 Å². The number of nitrogen functional groups attached to an aromatic ring is 1. The van der Waals surface area contributed by atoms with Crippen LogP contribution in [0, 0.1) is 18.6 Å². The summed E-state index contributed by atoms with van der Waals surface area (Å²) in [7, 11) is -4.35. The van der Waals surface area contributed by atoms with Crippen LogP contribution in [-0.4, -0.2) is 33.6 Å². The molecule has 146 valence electrons. The predicted molar refractivity (Wildman–Crippen MR) is 94.8 cm³/mol. The van der Waals surface area contributed by atoms with Crippen molar-refractivity contribution in [1.82, 2.24) is 14.8 Å². The van der Waals surface area contributed by atoms with Crippen LogP contribution < -0.4 is 11.1 Å². The number of nitrogens with two attached hydrogens (primary N) is 1. The maximum Gasteiger partial charge on any atom is 0.294 e. The molecule has 0 bridgehead atoms. The summed E-state index contributed by atoms with van der Waals surface area (Å²) in [5.41, 5.74) is 5.19. The van der Waals surface area contributed by atoms with Gasteiger partial charge in [-0.25, -0.2) is 8.78 Å². The average Bonchev–Trinajstić information content (AvgIpc) is 2.98. The van der Waals surface area contributed by atoms with Crippen molar-refractivity contribution in [2.45, 2.75) is 11.8 Å². The second-order valence-corrected chi connectivity index (χ2v) is 7.11. The molecule has 28 heavy (non-hydrogen) atoms. The van der Waals surface area contributed by atoms with Crippen LogP contribution in [0.15, 0.2) is 41.3 Å². The molecule has 0 atom stereocenters. The Morgan fingerprint density at radius 2 is 1.82 bits per heavy atom. The molecular weight excluding hydrogens is 396 g/mol. The average molecular weight is 409 g/mol. The number of aryl methyl sites for hydroxylation is 1. The van der Waals surface area contributed by atoms with Gasteiger partial charge in [0.1, 0.15) is 17.2 Å². The van der Waals surface area contributed by atoms with Crippen molar-refractivity contribution in [3.8, 4) is 0 Å². The van der Waals surface area contributed by atoms with Gasteiger partial charge < -0.3 is 11.1 Å². The van der Waals surface area contributed by atoms with Gasteiger partial charge in [0.05, 0.1) is 4.90 Å². The van der Waals surface area contributed by atoms with Crippen LogP contribution in [0.2, 0.25) is 0 Å². The van der Waals surface area contributed by atoms with E-state index < -0.39 is 39.2 Å². The minimum Gasteiger partial charge on any atom is -0.368 e. The van der Waals surface area contributed by atoms with Crippen LogP contribution in [0.1, 0.15) is 15.9 Å². The topological polar surface area (TPSA) is 140 Å². The van der Waals surface area contributed by atoms with E-state index in [-0.39, 0.29) is 16.4 Å². The van der Waals surface area contributed by atoms with E-state index in [4.69, 9.17) is 10.3 Å². The highest BCUT2D eigenvalue weighted by atomic mass is 32.2. The lowest BCUT2D eigenvalue weighted by atomic mass is 10.1. The molecule has 4 N–H and O–H groups in total. The Balaban J connectivity index is 1.90. The fraction of sp³-hybridized carbons (Fsp3) is 0.0625. The van der Waals surface area contributed by atoms with Crippen LogP contribution in [-0.2, 0) is 10.1 Å². The maximum atomic E-state index is 14.2. The summed E-state index contributed by atoms with van der Waals surface area (Å²) >= 11 is 0. The summed E-state index contributed by atoms with van der Waals surface area (Å²) in [6.45, 7) is 1.37. The van der Waals surface area contributed by atoms with Gasteiger partial charge in [-0.3, -0.25) is 9.35 Å². The van der Waals surface area contributed by atoms with Crippen LogP contribution in [0.5, 0.6) is 0 Å². The molecule has 0 aliphatic carbocycles. The number of anilines is 3. The van der Waals surface area contributed by atoms with Crippen molar-refractivity contribution in [3.05, 3.63) is 59.2 Å². The second-order valence-electron chi connectivity index (χ2n) is 5.69. The number of hydrogen-bond donors (Lipinski definition) is 3. The third-order valence-corrected chi connectivity index (χ3v) is 4.60. The zero-order valence-electron chi connectivity index (χ0n) is 14.2. The highest BCUT2D eigenvalue weighted by Gasteiger charge is 2.24. The SMILES string of the molecule is Cc1ccc(F)c(C(=O)n2nc(Nc3ccc(S(=O)(=O)O)cc3)nc2N)c1F. The van der Waals surface area contributed by atoms with Gasteiger partial charge in [0.15, 0.2) is 0 Å². The van der Waals surface area contributed by atoms with Crippen molar-refractivity contribution < 1.29 is 26.5 Å². The number of carbonyl (C=O) groups excluding carboxylic acids is 1. The number of benzene rings is 2. The Labute approximate surface area is 157 Å². The molecule has 0 saturated carbocycles. The first-order valence-electron chi connectivity index (χ1n) is 7.64. The number of hydrogen-bond acceptors (Lipinski definition) is 7. The zero-order chi connectivity index (χ0) is 20.6. The summed E-state index contributed by atoms with van der Waals surface area (Å²) in [6, 6.07) is 7.01. The molecule has 0 unspecified atom stereocenters. The van der Waals surface area contributed by atoms with Gasteiger partial charge in [0, 0.05) is 5.69 Å². The van der Waals surface area contributed by atoms with Crippen molar-refractivity contribution in [2.75, 3.05) is 11.1 Å². The fourth-order valence-corrected chi connectivity index (χ4v) is 2.80. The van der Waals surface area contributed by atoms with Gasteiger partial charge in [-0.05, 0) is 42.8 Å². The molecule has 0 aliphatic heterocycles. The summed E-state index contributed by atoms with van der Waals surface area (Å²) in [4.78, 5) is 15.9. The molecule has 1 heterocycles. The van der Waals surface area contributed by atoms with Gasteiger partial charge in [0.25, 0.3) is 16.0 Å². The highest BCUT2D eigenvalue weighted by molar-refractivity contribution is 7.85. The van der Waals surface area contributed by atoms with E-state index in [9.17, 15) is 22.0 Å². The molecule has 0 saturated heterocycles. The number of nitrogens with one attached hydrogen (secondary N) is 1. The first-order chi connectivity index (χ1) is 13.1. The van der Waals surface area contributed by atoms with E-state index in [2.05, 4.69) is 15.4 Å². The number of aromatic nitrogens is 3. The first kappa shape index (κ1) is 19.4. The van der Waals surface area contributed by atoms with E-state index in [1.54, 1.807) is 0 Å². The lowest BCUT2D eigenvalue weighted by molar-refractivity contribution is 0.0939. The lowest BCUT2D eigenvalue weighted by Crippen LogP contribution is -2.20. The van der Waals surface area contributed by atoms with E-state index in [0.29, 0.717) is 10.4 Å². The first-order valence-corrected chi connectivity index (χ1v) is 9.08. The molecule has 1 aromatic heterocycles. The Hall–Kier alpha value is -3.38. The maximum absolute atomic E-state index is 14.2. The quantitative estimate of drug-likeness (QED) is 0.557. The molecule has 2 aromatic carbocycles. The van der Waals surface area contributed by atoms with Crippen LogP contribution in [0.3, 0.4) is 0 Å². The molecule has 0 fully saturated rings. The molecule has 0 spiro atoms. The van der Waals surface area contributed by atoms with E-state index in [1.807, 2.05) is 0 Å². The Morgan fingerprint density at radius 3 is 2.43 bits per heavy atom. The van der Waals surface area contributed by atoms with Crippen molar-refractivity contribution in [3.63, 3.8) is 0 Å². The summed E-state index contributed by atoms with van der Waals surface area (Å²) in [6.07, 6.45) is 0. The van der Waals surface area contributed by atoms with Gasteiger partial charge in [-0.15, -0.1) is 5.10 Å². The Kier molecular flexibility index (Phi) is 4.83. The summed E-state index contributed by atoms with van der Waals surface area (Å²) < 4.78 is 59.7. The Morgan fingerprint density at radius 1 is 1.18 bits per heavy atom. The minimum atomic E-state index is -4.35. The van der Waals surface area contributed by atoms with Gasteiger partial charge in [-0.2, -0.15) is 18.1 Å². The Bertz CT molecular complexity index is 1180. The predicted octanol–water partition coefficient (Wildman–Crippen LogP) is 2.13. The summed E-state index contributed by atoms with van der Waals surface area (Å²) in [5.74, 6) is -3.83. The highest BCUT2D eigenvalue weighted by Crippen LogP contribution is 2.21. The largest absolute Gasteiger partial charge is 0.368 e. The molecular formula is C16H13F2N5O4S. The molecule has 0 radical (unpaired) electrons. The number of carbonyl (C=O) groups is 1. The normalized spacial score (nSPS) is 11.4. The van der Waals surface area contributed by atoms with E-state index >= 15 is 0 Å². The third kappa shape index (κ3) is 3.68. The van der Waals surface area contributed by atoms with Gasteiger partial charge >= 0.3 is 0 Å². The molecule has 0 aliphatic rings. The van der Waals surface area contributed by atoms with E-state index in [0.717, 1.165) is 18.2 Å². The third-order valence-electron chi connectivity index (χ3n) is 3.73. The molecule has 0 amide bonds. The molecule has 12 heteroatoms. The summed E-state index contributed by atoms with van der Waals surface area (Å²) in [5, 5.41) is 6.43. The fourth-order valence-electron chi connectivity index (χ4n) is 2.32. The second kappa shape index (κ2) is 6.98. The van der Waals surface area contributed by atoms with Crippen molar-refractivity contribution >= 4 is 33.6 Å². The van der Waals surface area contributed by atoms with Gasteiger partial charge in [-0.1, -0.05) is 6.07 Å². The molecule has 3 rings (SSSR count). The van der Waals surface area contributed by atoms with Crippen molar-refractivity contribution in [1.29, 1.82) is 0 Å². The minimum absolute atomic E-state index is 0.0701. The number of halogens is 2. The molecule has 9 nitrogen and oxygen atoms in total. The van der Waals surface area contributed by atoms with Crippen molar-refractivity contribution in [2.24, 2.45) is 0 Å². The smallest absolute Gasteiger partial charge is 0.294 e. The van der Waals surface area contributed by atoms with Gasteiger partial charge in [0.2, 0.25) is 11.9 Å². The number of rotatable bonds is 4. The monoisotopic (exact) mass is 409 g/mol. The lowest BCUT2D eigenvalue weighted by Gasteiger charge is -2.06. The van der Waals surface area contributed by atoms with Crippen LogP contribution in [0.4, 0.5) is 26.4 Å². The standard InChI is InChI=1S/C16H13F2N5O4S/c1-8-2-7-11(17)12(13(8)18)14(24)23-15(19)21-16(22-23)20-9-3-5-10(6-4-9)28(25,26)27/h2-7H,1H3,(H,25,26,27)(H3,19,20,21,22). The number of nitrogens with zero attached hydrogens (tertiary/aromatic N) is 3. The zero-order valence-corrected chi connectivity index (χ0v) is 15.0.